The second-order valence-electron chi connectivity index (χ2n) is 8.40. The fraction of sp³-hybridized carbons (Fsp3) is 0.850. The molecule has 3 rings (SSSR count). The number of fused-ring (bicyclic) bond motifs is 1. The molecule has 28 heavy (non-hydrogen) atoms. The summed E-state index contributed by atoms with van der Waals surface area (Å²) < 4.78 is 11.6. The molecule has 2 unspecified atom stereocenters. The van der Waals surface area contributed by atoms with Crippen LogP contribution in [-0.4, -0.2) is 70.8 Å². The van der Waals surface area contributed by atoms with Gasteiger partial charge in [-0.3, -0.25) is 14.4 Å². The molecule has 0 aromatic rings. The van der Waals surface area contributed by atoms with Gasteiger partial charge in [0, 0.05) is 6.54 Å². The number of esters is 1. The number of nitrogens with zero attached hydrogens (tertiary/aromatic N) is 1. The van der Waals surface area contributed by atoms with Crippen LogP contribution in [0.2, 0.25) is 0 Å². The molecule has 2 N–H and O–H groups in total. The highest BCUT2D eigenvalue weighted by Crippen LogP contribution is 2.63. The van der Waals surface area contributed by atoms with Crippen LogP contribution in [0, 0.1) is 11.8 Å². The summed E-state index contributed by atoms with van der Waals surface area (Å²) in [5.74, 6) is -2.54. The Morgan fingerprint density at radius 2 is 2.11 bits per heavy atom. The molecule has 3 heterocycles. The number of amides is 2. The highest BCUT2D eigenvalue weighted by atomic mass is 16.6. The predicted octanol–water partition coefficient (Wildman–Crippen LogP) is 0.611. The Labute approximate surface area is 165 Å². The van der Waals surface area contributed by atoms with Gasteiger partial charge < -0.3 is 24.8 Å². The van der Waals surface area contributed by atoms with E-state index < -0.39 is 41.1 Å². The minimum atomic E-state index is -1.05. The number of rotatable bonds is 8. The van der Waals surface area contributed by atoms with Gasteiger partial charge in [-0.1, -0.05) is 13.3 Å². The van der Waals surface area contributed by atoms with Gasteiger partial charge >= 0.3 is 5.97 Å². The minimum absolute atomic E-state index is 0.219. The van der Waals surface area contributed by atoms with Gasteiger partial charge in [-0.2, -0.15) is 0 Å². The van der Waals surface area contributed by atoms with Crippen LogP contribution >= 0.6 is 0 Å². The average molecular weight is 396 g/mol. The van der Waals surface area contributed by atoms with Crippen molar-refractivity contribution in [2.45, 2.75) is 76.7 Å². The number of hydrogen-bond acceptors (Lipinski definition) is 6. The van der Waals surface area contributed by atoms with Gasteiger partial charge in [-0.05, 0) is 40.0 Å². The number of carbonyl (C=O) groups excluding carboxylic acids is 3. The van der Waals surface area contributed by atoms with Crippen LogP contribution in [0.1, 0.15) is 53.4 Å². The number of aliphatic hydroxyl groups is 1. The van der Waals surface area contributed by atoms with Gasteiger partial charge in [0.05, 0.1) is 30.8 Å². The second-order valence-corrected chi connectivity index (χ2v) is 8.40. The summed E-state index contributed by atoms with van der Waals surface area (Å²) in [4.78, 5) is 40.7. The lowest BCUT2D eigenvalue weighted by Crippen LogP contribution is -2.57. The molecule has 3 fully saturated rings. The fourth-order valence-corrected chi connectivity index (χ4v) is 5.30. The zero-order chi connectivity index (χ0) is 20.7. The van der Waals surface area contributed by atoms with Crippen molar-refractivity contribution in [3.63, 3.8) is 0 Å². The second kappa shape index (κ2) is 7.63. The van der Waals surface area contributed by atoms with E-state index in [1.54, 1.807) is 13.8 Å². The maximum absolute atomic E-state index is 13.4. The lowest BCUT2D eigenvalue weighted by atomic mass is 9.66. The number of aliphatic hydroxyl groups excluding tert-OH is 1. The molecule has 1 spiro atoms. The Morgan fingerprint density at radius 3 is 2.71 bits per heavy atom. The molecular weight excluding hydrogens is 364 g/mol. The van der Waals surface area contributed by atoms with Crippen LogP contribution in [0.15, 0.2) is 0 Å². The summed E-state index contributed by atoms with van der Waals surface area (Å²) in [5, 5.41) is 12.6. The third kappa shape index (κ3) is 2.92. The van der Waals surface area contributed by atoms with Crippen molar-refractivity contribution in [1.82, 2.24) is 10.2 Å². The molecule has 0 saturated carbocycles. The maximum atomic E-state index is 13.4. The molecule has 3 saturated heterocycles. The van der Waals surface area contributed by atoms with E-state index in [4.69, 9.17) is 9.47 Å². The molecule has 8 heteroatoms. The van der Waals surface area contributed by atoms with Crippen LogP contribution in [0.5, 0.6) is 0 Å². The van der Waals surface area contributed by atoms with Gasteiger partial charge in [0.1, 0.15) is 17.6 Å². The van der Waals surface area contributed by atoms with Crippen LogP contribution in [-0.2, 0) is 23.9 Å². The quantitative estimate of drug-likeness (QED) is 0.460. The highest BCUT2D eigenvalue weighted by Gasteiger charge is 2.78. The first-order chi connectivity index (χ1) is 13.3. The summed E-state index contributed by atoms with van der Waals surface area (Å²) in [6.07, 6.45) is 2.88. The van der Waals surface area contributed by atoms with Crippen molar-refractivity contribution in [2.24, 2.45) is 11.8 Å². The van der Waals surface area contributed by atoms with Crippen LogP contribution in [0.25, 0.3) is 0 Å². The zero-order valence-corrected chi connectivity index (χ0v) is 17.2. The summed E-state index contributed by atoms with van der Waals surface area (Å²) in [5.41, 5.74) is -1.87. The van der Waals surface area contributed by atoms with E-state index in [9.17, 15) is 19.5 Å². The van der Waals surface area contributed by atoms with E-state index in [2.05, 4.69) is 5.32 Å². The summed E-state index contributed by atoms with van der Waals surface area (Å²) in [6.45, 7) is 7.76. The molecular formula is C20H32N2O6. The van der Waals surface area contributed by atoms with Gasteiger partial charge in [-0.25, -0.2) is 0 Å². The van der Waals surface area contributed by atoms with E-state index in [1.165, 1.54) is 4.90 Å². The van der Waals surface area contributed by atoms with Gasteiger partial charge in [0.25, 0.3) is 0 Å². The monoisotopic (exact) mass is 396 g/mol. The molecule has 0 aliphatic carbocycles. The Hall–Kier alpha value is -1.67. The van der Waals surface area contributed by atoms with E-state index in [1.807, 2.05) is 13.8 Å². The lowest BCUT2D eigenvalue weighted by Gasteiger charge is -2.35. The molecule has 2 amide bonds. The molecule has 0 aromatic carbocycles. The largest absolute Gasteiger partial charge is 0.466 e. The van der Waals surface area contributed by atoms with Crippen LogP contribution < -0.4 is 5.32 Å². The summed E-state index contributed by atoms with van der Waals surface area (Å²) in [6, 6.07) is -1.40. The Kier molecular flexibility index (Phi) is 5.74. The molecule has 8 nitrogen and oxygen atoms in total. The molecule has 0 aromatic heterocycles. The number of unbranched alkanes of at least 4 members (excludes halogenated alkanes) is 1. The lowest BCUT2D eigenvalue weighted by molar-refractivity contribution is -0.160. The Bertz CT molecular complexity index is 655. The molecule has 3 aliphatic rings. The highest BCUT2D eigenvalue weighted by molar-refractivity contribution is 5.98. The van der Waals surface area contributed by atoms with Gasteiger partial charge in [0.2, 0.25) is 11.8 Å². The van der Waals surface area contributed by atoms with E-state index in [0.717, 1.165) is 12.8 Å². The van der Waals surface area contributed by atoms with Crippen molar-refractivity contribution < 1.29 is 29.0 Å². The SMILES string of the molecule is CCCCNC(=O)C1N([C@H](C)CO)C(=O)[C@@H]2[C@@H](C(=O)OCC)[C@@]3(C)CCC12O3. The Morgan fingerprint density at radius 1 is 1.39 bits per heavy atom. The van der Waals surface area contributed by atoms with E-state index >= 15 is 0 Å². The molecule has 6 atom stereocenters. The zero-order valence-electron chi connectivity index (χ0n) is 17.2. The van der Waals surface area contributed by atoms with E-state index in [-0.39, 0.29) is 25.0 Å². The van der Waals surface area contributed by atoms with Crippen LogP contribution in [0.3, 0.4) is 0 Å². The summed E-state index contributed by atoms with van der Waals surface area (Å²) in [7, 11) is 0. The molecule has 0 radical (unpaired) electrons. The first kappa shape index (κ1) is 21.0. The maximum Gasteiger partial charge on any atom is 0.312 e. The van der Waals surface area contributed by atoms with Gasteiger partial charge in [-0.15, -0.1) is 0 Å². The minimum Gasteiger partial charge on any atom is -0.466 e. The predicted molar refractivity (Wildman–Crippen MR) is 100 cm³/mol. The fourth-order valence-electron chi connectivity index (χ4n) is 5.30. The van der Waals surface area contributed by atoms with Gasteiger partial charge in [0.15, 0.2) is 0 Å². The molecule has 3 aliphatic heterocycles. The third-order valence-corrected chi connectivity index (χ3v) is 6.57. The van der Waals surface area contributed by atoms with Crippen molar-refractivity contribution in [3.8, 4) is 0 Å². The van der Waals surface area contributed by atoms with Crippen molar-refractivity contribution in [2.75, 3.05) is 19.8 Å². The molecule has 2 bridgehead atoms. The number of ether oxygens (including phenoxy) is 2. The third-order valence-electron chi connectivity index (χ3n) is 6.57. The summed E-state index contributed by atoms with van der Waals surface area (Å²) >= 11 is 0. The van der Waals surface area contributed by atoms with Crippen molar-refractivity contribution in [1.29, 1.82) is 0 Å². The topological polar surface area (TPSA) is 105 Å². The van der Waals surface area contributed by atoms with E-state index in [0.29, 0.717) is 19.4 Å². The number of hydrogen-bond donors (Lipinski definition) is 2. The number of carbonyl (C=O) groups is 3. The number of nitrogens with one attached hydrogen (secondary N) is 1. The smallest absolute Gasteiger partial charge is 0.312 e. The first-order valence-electron chi connectivity index (χ1n) is 10.3. The standard InChI is InChI=1S/C20H32N2O6/c1-5-7-10-21-16(24)15-20-9-8-19(4,28-20)14(18(26)27-6-2)13(20)17(25)22(15)12(3)11-23/h12-15,23H,5-11H2,1-4H3,(H,21,24)/t12-,13+,14+,15?,19-,20?/m1/s1. The average Bonchev–Trinajstić information content (AvgIpc) is 3.22. The first-order valence-corrected chi connectivity index (χ1v) is 10.3. The normalized spacial score (nSPS) is 37.1. The van der Waals surface area contributed by atoms with Crippen LogP contribution in [0.4, 0.5) is 0 Å². The van der Waals surface area contributed by atoms with Crippen molar-refractivity contribution in [3.05, 3.63) is 0 Å². The van der Waals surface area contributed by atoms with Crippen molar-refractivity contribution >= 4 is 17.8 Å². The number of likely N-dealkylation sites (tertiary alicyclic amines) is 1. The Balaban J connectivity index is 2.00. The molecule has 158 valence electrons.